The molecule has 3 amide bonds. The van der Waals surface area contributed by atoms with Crippen molar-refractivity contribution in [1.29, 1.82) is 0 Å². The van der Waals surface area contributed by atoms with Gasteiger partial charge in [-0.2, -0.15) is 0 Å². The van der Waals surface area contributed by atoms with Crippen molar-refractivity contribution in [2.75, 3.05) is 43.9 Å². The summed E-state index contributed by atoms with van der Waals surface area (Å²) in [4.78, 5) is 45.9. The Balaban J connectivity index is 1.35. The Morgan fingerprint density at radius 3 is 2.61 bits per heavy atom. The molecule has 2 aromatic rings. The van der Waals surface area contributed by atoms with E-state index < -0.39 is 6.03 Å². The summed E-state index contributed by atoms with van der Waals surface area (Å²) in [5, 5.41) is 7.78. The summed E-state index contributed by atoms with van der Waals surface area (Å²) in [7, 11) is 2.13. The fourth-order valence-corrected chi connectivity index (χ4v) is 5.19. The highest BCUT2D eigenvalue weighted by molar-refractivity contribution is 7.14. The van der Waals surface area contributed by atoms with Crippen molar-refractivity contribution < 1.29 is 19.3 Å². The van der Waals surface area contributed by atoms with E-state index in [9.17, 15) is 14.4 Å². The third-order valence-electron chi connectivity index (χ3n) is 6.49. The minimum atomic E-state index is -0.450. The topological polar surface area (TPSA) is 95.8 Å². The predicted octanol–water partition coefficient (Wildman–Crippen LogP) is 2.37. The van der Waals surface area contributed by atoms with Crippen LogP contribution in [0.3, 0.4) is 0 Å². The molecule has 9 heteroatoms. The van der Waals surface area contributed by atoms with Crippen molar-refractivity contribution in [1.82, 2.24) is 9.88 Å². The highest BCUT2D eigenvalue weighted by Crippen LogP contribution is 2.31. The Morgan fingerprint density at radius 2 is 1.88 bits per heavy atom. The first-order chi connectivity index (χ1) is 15.9. The minimum Gasteiger partial charge on any atom is -0.334 e. The number of hydrogen-bond acceptors (Lipinski definition) is 5. The van der Waals surface area contributed by atoms with Crippen LogP contribution in [0.25, 0.3) is 0 Å². The van der Waals surface area contributed by atoms with Crippen LogP contribution in [0.1, 0.15) is 47.3 Å². The average molecular weight is 471 g/mol. The first-order valence-corrected chi connectivity index (χ1v) is 12.5. The lowest BCUT2D eigenvalue weighted by Gasteiger charge is -2.29. The van der Waals surface area contributed by atoms with Gasteiger partial charge in [-0.25, -0.2) is 9.78 Å². The second-order valence-corrected chi connectivity index (χ2v) is 9.99. The second kappa shape index (κ2) is 10.4. The van der Waals surface area contributed by atoms with E-state index in [1.165, 1.54) is 16.2 Å². The van der Waals surface area contributed by atoms with Crippen molar-refractivity contribution in [2.45, 2.75) is 39.0 Å². The van der Waals surface area contributed by atoms with Gasteiger partial charge in [-0.3, -0.25) is 14.9 Å². The number of amides is 3. The molecule has 0 spiro atoms. The van der Waals surface area contributed by atoms with Crippen LogP contribution in [0.2, 0.25) is 0 Å². The van der Waals surface area contributed by atoms with Crippen LogP contribution < -0.4 is 15.5 Å². The van der Waals surface area contributed by atoms with Crippen molar-refractivity contribution in [3.8, 4) is 0 Å². The number of carbonyl (C=O) groups is 3. The maximum absolute atomic E-state index is 13.0. The van der Waals surface area contributed by atoms with Gasteiger partial charge in [-0.05, 0) is 31.9 Å². The van der Waals surface area contributed by atoms with Gasteiger partial charge in [0, 0.05) is 16.9 Å². The summed E-state index contributed by atoms with van der Waals surface area (Å²) < 4.78 is 0. The summed E-state index contributed by atoms with van der Waals surface area (Å²) in [5.41, 5.74) is 2.72. The average Bonchev–Trinajstić information content (AvgIpc) is 3.47. The van der Waals surface area contributed by atoms with Crippen molar-refractivity contribution in [3.63, 3.8) is 0 Å². The van der Waals surface area contributed by atoms with Crippen LogP contribution in [-0.4, -0.2) is 60.8 Å². The third kappa shape index (κ3) is 5.97. The zero-order valence-electron chi connectivity index (χ0n) is 19.3. The predicted molar refractivity (Wildman–Crippen MR) is 129 cm³/mol. The Hall–Kier alpha value is -2.78. The Morgan fingerprint density at radius 1 is 1.15 bits per heavy atom. The molecule has 1 aromatic heterocycles. The molecule has 4 rings (SSSR count). The number of anilines is 2. The lowest BCUT2D eigenvalue weighted by Crippen LogP contribution is -3.12. The Labute approximate surface area is 198 Å². The van der Waals surface area contributed by atoms with Crippen molar-refractivity contribution in [2.24, 2.45) is 5.92 Å². The van der Waals surface area contributed by atoms with Gasteiger partial charge in [0.2, 0.25) is 5.91 Å². The summed E-state index contributed by atoms with van der Waals surface area (Å²) in [6.45, 7) is 5.39. The SMILES string of the molecule is Cc1ccc(NC(=O)Nc2nc(CC(=O)N3CC[NH+](C)CC3)cs2)c(C(=O)C2CCCC2)c1. The highest BCUT2D eigenvalue weighted by Gasteiger charge is 2.26. The number of hydrogen-bond donors (Lipinski definition) is 3. The fourth-order valence-electron chi connectivity index (χ4n) is 4.48. The molecule has 1 aromatic carbocycles. The maximum Gasteiger partial charge on any atom is 0.325 e. The van der Waals surface area contributed by atoms with Crippen LogP contribution in [0.15, 0.2) is 23.6 Å². The molecule has 1 saturated heterocycles. The van der Waals surface area contributed by atoms with Crippen LogP contribution in [0, 0.1) is 12.8 Å². The van der Waals surface area contributed by atoms with E-state index in [-0.39, 0.29) is 24.0 Å². The van der Waals surface area contributed by atoms with Gasteiger partial charge in [-0.1, -0.05) is 24.5 Å². The van der Waals surface area contributed by atoms with E-state index in [0.717, 1.165) is 57.4 Å². The van der Waals surface area contributed by atoms with Crippen LogP contribution in [-0.2, 0) is 11.2 Å². The molecule has 1 saturated carbocycles. The number of aryl methyl sites for hydroxylation is 1. The molecule has 33 heavy (non-hydrogen) atoms. The van der Waals surface area contributed by atoms with E-state index >= 15 is 0 Å². The number of urea groups is 1. The molecule has 0 unspecified atom stereocenters. The van der Waals surface area contributed by atoms with Gasteiger partial charge in [0.1, 0.15) is 0 Å². The van der Waals surface area contributed by atoms with Gasteiger partial charge in [0.15, 0.2) is 10.9 Å². The van der Waals surface area contributed by atoms with Gasteiger partial charge in [0.25, 0.3) is 0 Å². The number of nitrogens with one attached hydrogen (secondary N) is 3. The number of nitrogens with zero attached hydrogens (tertiary/aromatic N) is 2. The number of Topliss-reactive ketones (excluding diaryl/α,β-unsaturated/α-hetero) is 1. The molecular formula is C24H32N5O3S+. The zero-order valence-corrected chi connectivity index (χ0v) is 20.1. The lowest BCUT2D eigenvalue weighted by atomic mass is 9.94. The molecular weight excluding hydrogens is 438 g/mol. The molecule has 0 atom stereocenters. The van der Waals surface area contributed by atoms with E-state index in [1.807, 2.05) is 24.0 Å². The standard InChI is InChI=1S/C24H31N5O3S/c1-16-7-8-20(19(13-16)22(31)17-5-3-4-6-17)26-23(32)27-24-25-18(15-33-24)14-21(30)29-11-9-28(2)10-12-29/h7-8,13,15,17H,3-6,9-12,14H2,1-2H3,(H2,25,26,27,32)/p+1. The normalized spacial score (nSPS) is 17.2. The van der Waals surface area contributed by atoms with Crippen molar-refractivity contribution in [3.05, 3.63) is 40.4 Å². The number of rotatable bonds is 6. The van der Waals surface area contributed by atoms with Crippen LogP contribution in [0.4, 0.5) is 15.6 Å². The van der Waals surface area contributed by atoms with E-state index in [0.29, 0.717) is 22.1 Å². The minimum absolute atomic E-state index is 0.0381. The van der Waals surface area contributed by atoms with Crippen LogP contribution in [0.5, 0.6) is 0 Å². The number of thiazole rings is 1. The first-order valence-electron chi connectivity index (χ1n) is 11.7. The summed E-state index contributed by atoms with van der Waals surface area (Å²) in [6, 6.07) is 5.06. The number of likely N-dealkylation sites (N-methyl/N-ethyl adjacent to an activating group) is 1. The maximum atomic E-state index is 13.0. The van der Waals surface area contributed by atoms with Gasteiger partial charge in [0.05, 0.1) is 51.0 Å². The number of ketones is 1. The zero-order chi connectivity index (χ0) is 23.4. The van der Waals surface area contributed by atoms with E-state index in [1.54, 1.807) is 11.4 Å². The summed E-state index contributed by atoms with van der Waals surface area (Å²) >= 11 is 1.29. The number of carbonyl (C=O) groups excluding carboxylic acids is 3. The van der Waals surface area contributed by atoms with E-state index in [2.05, 4.69) is 22.7 Å². The molecule has 0 radical (unpaired) electrons. The quantitative estimate of drug-likeness (QED) is 0.565. The number of piperazine rings is 1. The number of benzene rings is 1. The van der Waals surface area contributed by atoms with Gasteiger partial charge < -0.3 is 15.1 Å². The smallest absolute Gasteiger partial charge is 0.325 e. The largest absolute Gasteiger partial charge is 0.334 e. The fraction of sp³-hybridized carbons (Fsp3) is 0.500. The molecule has 0 bridgehead atoms. The third-order valence-corrected chi connectivity index (χ3v) is 7.30. The molecule has 1 aliphatic carbocycles. The van der Waals surface area contributed by atoms with Gasteiger partial charge in [-0.15, -0.1) is 11.3 Å². The molecule has 1 aliphatic heterocycles. The summed E-state index contributed by atoms with van der Waals surface area (Å²) in [6.07, 6.45) is 4.21. The highest BCUT2D eigenvalue weighted by atomic mass is 32.1. The Kier molecular flexibility index (Phi) is 7.39. The molecule has 176 valence electrons. The molecule has 2 heterocycles. The molecule has 2 fully saturated rings. The van der Waals surface area contributed by atoms with Gasteiger partial charge >= 0.3 is 6.03 Å². The van der Waals surface area contributed by atoms with Crippen molar-refractivity contribution >= 4 is 39.9 Å². The monoisotopic (exact) mass is 470 g/mol. The molecule has 3 N–H and O–H groups in total. The number of aromatic nitrogens is 1. The van der Waals surface area contributed by atoms with E-state index in [4.69, 9.17) is 0 Å². The summed E-state index contributed by atoms with van der Waals surface area (Å²) in [5.74, 6) is 0.210. The molecule has 8 nitrogen and oxygen atoms in total. The van der Waals surface area contributed by atoms with Crippen LogP contribution >= 0.6 is 11.3 Å². The molecule has 2 aliphatic rings. The Bertz CT molecular complexity index is 1020. The lowest BCUT2D eigenvalue weighted by molar-refractivity contribution is -0.883. The number of quaternary nitrogens is 1. The second-order valence-electron chi connectivity index (χ2n) is 9.13. The first kappa shape index (κ1) is 23.4.